The third-order valence-electron chi connectivity index (χ3n) is 3.45. The van der Waals surface area contributed by atoms with Crippen molar-refractivity contribution in [2.75, 3.05) is 0 Å². The molecule has 0 aliphatic heterocycles. The molecule has 0 radical (unpaired) electrons. The lowest BCUT2D eigenvalue weighted by atomic mass is 10.2. The number of hydrogen-bond donors (Lipinski definition) is 0. The lowest BCUT2D eigenvalue weighted by Crippen LogP contribution is -2.23. The number of aromatic nitrogens is 3. The van der Waals surface area contributed by atoms with Crippen molar-refractivity contribution in [3.63, 3.8) is 0 Å². The Morgan fingerprint density at radius 3 is 2.46 bits per heavy atom. The molecule has 118 valence electrons. The molecule has 4 nitrogen and oxygen atoms in total. The molecule has 7 heteroatoms. The summed E-state index contributed by atoms with van der Waals surface area (Å²) in [5.41, 5.74) is 1.66. The van der Waals surface area contributed by atoms with Gasteiger partial charge in [-0.2, -0.15) is 9.50 Å². The van der Waals surface area contributed by atoms with Crippen molar-refractivity contribution in [3.05, 3.63) is 77.6 Å². The van der Waals surface area contributed by atoms with Crippen LogP contribution in [0.1, 0.15) is 5.56 Å². The van der Waals surface area contributed by atoms with Gasteiger partial charge in [-0.3, -0.25) is 4.79 Å². The normalized spacial score (nSPS) is 12.2. The van der Waals surface area contributed by atoms with E-state index in [-0.39, 0.29) is 5.56 Å². The molecule has 0 aliphatic rings. The van der Waals surface area contributed by atoms with Gasteiger partial charge in [0.1, 0.15) is 0 Å². The molecule has 0 saturated heterocycles. The molecule has 0 bridgehead atoms. The summed E-state index contributed by atoms with van der Waals surface area (Å²) in [6.45, 7) is 0. The molecule has 2 aromatic heterocycles. The molecule has 4 aromatic rings. The second-order valence-electron chi connectivity index (χ2n) is 5.10. The average molecular weight is 466 g/mol. The molecule has 0 atom stereocenters. The summed E-state index contributed by atoms with van der Waals surface area (Å²) in [5.74, 6) is 0.524. The minimum Gasteiger partial charge on any atom is -0.266 e. The Morgan fingerprint density at radius 1 is 1.08 bits per heavy atom. The van der Waals surface area contributed by atoms with Crippen LogP contribution in [-0.4, -0.2) is 14.6 Å². The SMILES string of the molecule is O=c1c(=Cc2ccc(I)cc2)sc2nc(-c3ccc(Cl)cc3)nn12. The number of hydrogen-bond acceptors (Lipinski definition) is 4. The van der Waals surface area contributed by atoms with Crippen LogP contribution in [0.3, 0.4) is 0 Å². The lowest BCUT2D eigenvalue weighted by molar-refractivity contribution is 0.937. The maximum absolute atomic E-state index is 12.5. The van der Waals surface area contributed by atoms with Crippen molar-refractivity contribution in [2.24, 2.45) is 0 Å². The average Bonchev–Trinajstić information content (AvgIpc) is 3.11. The zero-order valence-electron chi connectivity index (χ0n) is 12.1. The Balaban J connectivity index is 1.79. The second-order valence-corrected chi connectivity index (χ2v) is 7.80. The van der Waals surface area contributed by atoms with E-state index in [1.807, 2.05) is 42.5 Å². The first-order chi connectivity index (χ1) is 11.6. The van der Waals surface area contributed by atoms with Gasteiger partial charge in [0, 0.05) is 14.2 Å². The Labute approximate surface area is 159 Å². The Kier molecular flexibility index (Phi) is 4.11. The Morgan fingerprint density at radius 2 is 1.79 bits per heavy atom. The van der Waals surface area contributed by atoms with Crippen molar-refractivity contribution >= 4 is 56.6 Å². The van der Waals surface area contributed by atoms with Crippen molar-refractivity contribution in [3.8, 4) is 11.4 Å². The summed E-state index contributed by atoms with van der Waals surface area (Å²) >= 11 is 9.48. The summed E-state index contributed by atoms with van der Waals surface area (Å²) in [5, 5.41) is 4.98. The molecule has 0 saturated carbocycles. The molecule has 0 N–H and O–H groups in total. The van der Waals surface area contributed by atoms with Gasteiger partial charge in [0.2, 0.25) is 4.96 Å². The van der Waals surface area contributed by atoms with Crippen molar-refractivity contribution < 1.29 is 0 Å². The lowest BCUT2D eigenvalue weighted by Gasteiger charge is -1.94. The quantitative estimate of drug-likeness (QED) is 0.425. The maximum Gasteiger partial charge on any atom is 0.291 e. The Bertz CT molecular complexity index is 1130. The van der Waals surface area contributed by atoms with Crippen molar-refractivity contribution in [1.82, 2.24) is 14.6 Å². The smallest absolute Gasteiger partial charge is 0.266 e. The molecule has 0 amide bonds. The van der Waals surface area contributed by atoms with E-state index < -0.39 is 0 Å². The highest BCUT2D eigenvalue weighted by Gasteiger charge is 2.11. The fraction of sp³-hybridized carbons (Fsp3) is 0. The van der Waals surface area contributed by atoms with Gasteiger partial charge in [-0.1, -0.05) is 35.1 Å². The predicted molar refractivity (Wildman–Crippen MR) is 106 cm³/mol. The van der Waals surface area contributed by atoms with E-state index in [2.05, 4.69) is 32.7 Å². The van der Waals surface area contributed by atoms with Crippen molar-refractivity contribution in [1.29, 1.82) is 0 Å². The summed E-state index contributed by atoms with van der Waals surface area (Å²) < 4.78 is 3.13. The zero-order valence-corrected chi connectivity index (χ0v) is 15.8. The number of benzene rings is 2. The first kappa shape index (κ1) is 15.7. The largest absolute Gasteiger partial charge is 0.291 e. The third kappa shape index (κ3) is 2.97. The van der Waals surface area contributed by atoms with Gasteiger partial charge in [-0.25, -0.2) is 0 Å². The van der Waals surface area contributed by atoms with E-state index >= 15 is 0 Å². The van der Waals surface area contributed by atoms with E-state index in [9.17, 15) is 4.79 Å². The van der Waals surface area contributed by atoms with E-state index in [0.717, 1.165) is 14.7 Å². The molecular weight excluding hydrogens is 457 g/mol. The summed E-state index contributed by atoms with van der Waals surface area (Å²) in [6.07, 6.45) is 1.86. The number of halogens is 2. The van der Waals surface area contributed by atoms with Crippen molar-refractivity contribution in [2.45, 2.75) is 0 Å². The molecule has 4 rings (SSSR count). The maximum atomic E-state index is 12.5. The standard InChI is InChI=1S/C17H9ClIN3OS/c18-12-5-3-11(4-6-12)15-20-17-22(21-15)16(23)14(24-17)9-10-1-7-13(19)8-2-10/h1-9H. The monoisotopic (exact) mass is 465 g/mol. The predicted octanol–water partition coefficient (Wildman–Crippen LogP) is 3.62. The van der Waals surface area contributed by atoms with Crippen LogP contribution < -0.4 is 10.1 Å². The summed E-state index contributed by atoms with van der Waals surface area (Å²) in [7, 11) is 0. The molecule has 2 aromatic carbocycles. The van der Waals surface area contributed by atoms with Gasteiger partial charge in [-0.15, -0.1) is 5.10 Å². The third-order valence-corrected chi connectivity index (χ3v) is 5.38. The highest BCUT2D eigenvalue weighted by molar-refractivity contribution is 14.1. The van der Waals surface area contributed by atoms with E-state index in [1.54, 1.807) is 12.1 Å². The summed E-state index contributed by atoms with van der Waals surface area (Å²) in [6, 6.07) is 15.2. The van der Waals surface area contributed by atoms with Gasteiger partial charge in [0.25, 0.3) is 5.56 Å². The van der Waals surface area contributed by atoms with Gasteiger partial charge >= 0.3 is 0 Å². The van der Waals surface area contributed by atoms with Crippen LogP contribution in [0.15, 0.2) is 53.3 Å². The summed E-state index contributed by atoms with van der Waals surface area (Å²) in [4.78, 5) is 17.6. The minimum absolute atomic E-state index is 0.152. The fourth-order valence-electron chi connectivity index (χ4n) is 2.27. The highest BCUT2D eigenvalue weighted by atomic mass is 127. The molecule has 0 unspecified atom stereocenters. The second kappa shape index (κ2) is 6.27. The zero-order chi connectivity index (χ0) is 16.7. The molecule has 0 spiro atoms. The van der Waals surface area contributed by atoms with Crippen LogP contribution >= 0.6 is 45.5 Å². The van der Waals surface area contributed by atoms with Gasteiger partial charge in [0.05, 0.1) is 4.53 Å². The highest BCUT2D eigenvalue weighted by Crippen LogP contribution is 2.19. The number of nitrogens with zero attached hydrogens (tertiary/aromatic N) is 3. The topological polar surface area (TPSA) is 47.3 Å². The van der Waals surface area contributed by atoms with Crippen LogP contribution in [-0.2, 0) is 0 Å². The first-order valence-electron chi connectivity index (χ1n) is 7.03. The number of fused-ring (bicyclic) bond motifs is 1. The molecule has 24 heavy (non-hydrogen) atoms. The van der Waals surface area contributed by atoms with Crippen LogP contribution in [0.25, 0.3) is 22.4 Å². The van der Waals surface area contributed by atoms with Crippen LogP contribution in [0.4, 0.5) is 0 Å². The fourth-order valence-corrected chi connectivity index (χ4v) is 3.66. The molecule has 0 aliphatic carbocycles. The van der Waals surface area contributed by atoms with Gasteiger partial charge < -0.3 is 0 Å². The molecule has 2 heterocycles. The van der Waals surface area contributed by atoms with Crippen LogP contribution in [0, 0.1) is 3.57 Å². The van der Waals surface area contributed by atoms with E-state index in [0.29, 0.717) is 20.3 Å². The van der Waals surface area contributed by atoms with Gasteiger partial charge in [0.15, 0.2) is 5.82 Å². The van der Waals surface area contributed by atoms with E-state index in [1.165, 1.54) is 15.9 Å². The minimum atomic E-state index is -0.152. The molecular formula is C17H9ClIN3OS. The van der Waals surface area contributed by atoms with Crippen LogP contribution in [0.5, 0.6) is 0 Å². The number of rotatable bonds is 2. The number of thiazole rings is 1. The first-order valence-corrected chi connectivity index (χ1v) is 9.30. The van der Waals surface area contributed by atoms with E-state index in [4.69, 9.17) is 11.6 Å². The molecule has 0 fully saturated rings. The Hall–Kier alpha value is -1.77. The van der Waals surface area contributed by atoms with Gasteiger partial charge in [-0.05, 0) is 70.6 Å². The van der Waals surface area contributed by atoms with Crippen LogP contribution in [0.2, 0.25) is 5.02 Å².